The minimum Gasteiger partial charge on any atom is -0.497 e. The molecule has 1 fully saturated rings. The largest absolute Gasteiger partial charge is 0.497 e. The molecular formula is C24H25N3O2. The topological polar surface area (TPSA) is 55.3 Å². The lowest BCUT2D eigenvalue weighted by molar-refractivity contribution is -0.131. The standard InChI is InChI=1S/C24H25N3O2/c1-29-21-10-4-7-18(15-21)22-11-5-12-23(26-22)19-8-6-14-27(17-19)24(28)16-20-9-2-3-13-25-20/h2-5,7,9-13,15,19H,6,8,14,16-17H2,1H3/t19-/m0/s1. The molecule has 1 aromatic carbocycles. The summed E-state index contributed by atoms with van der Waals surface area (Å²) in [6.45, 7) is 1.51. The lowest BCUT2D eigenvalue weighted by atomic mass is 9.93. The van der Waals surface area contributed by atoms with Gasteiger partial charge in [-0.3, -0.25) is 14.8 Å². The molecule has 1 atom stereocenters. The fourth-order valence-corrected chi connectivity index (χ4v) is 3.84. The highest BCUT2D eigenvalue weighted by molar-refractivity contribution is 5.78. The van der Waals surface area contributed by atoms with E-state index in [0.717, 1.165) is 47.8 Å². The third-order valence-electron chi connectivity index (χ3n) is 5.39. The summed E-state index contributed by atoms with van der Waals surface area (Å²) in [7, 11) is 1.67. The molecule has 29 heavy (non-hydrogen) atoms. The van der Waals surface area contributed by atoms with Gasteiger partial charge < -0.3 is 9.64 Å². The van der Waals surface area contributed by atoms with Gasteiger partial charge in [-0.25, -0.2) is 0 Å². The third-order valence-corrected chi connectivity index (χ3v) is 5.39. The molecule has 0 N–H and O–H groups in total. The zero-order chi connectivity index (χ0) is 20.1. The van der Waals surface area contributed by atoms with Crippen LogP contribution >= 0.6 is 0 Å². The first kappa shape index (κ1) is 19.1. The minimum absolute atomic E-state index is 0.136. The van der Waals surface area contributed by atoms with Crippen molar-refractivity contribution in [2.75, 3.05) is 20.2 Å². The minimum atomic E-state index is 0.136. The Bertz CT molecular complexity index is 975. The van der Waals surface area contributed by atoms with Gasteiger partial charge in [-0.05, 0) is 49.2 Å². The smallest absolute Gasteiger partial charge is 0.228 e. The zero-order valence-electron chi connectivity index (χ0n) is 16.6. The average Bonchev–Trinajstić information content (AvgIpc) is 2.80. The number of rotatable bonds is 5. The van der Waals surface area contributed by atoms with Gasteiger partial charge in [0.25, 0.3) is 0 Å². The maximum Gasteiger partial charge on any atom is 0.228 e. The van der Waals surface area contributed by atoms with Gasteiger partial charge >= 0.3 is 0 Å². The normalized spacial score (nSPS) is 16.4. The molecule has 0 bridgehead atoms. The van der Waals surface area contributed by atoms with Crippen molar-refractivity contribution in [1.29, 1.82) is 0 Å². The molecule has 2 aromatic heterocycles. The lowest BCUT2D eigenvalue weighted by Gasteiger charge is -2.32. The van der Waals surface area contributed by atoms with Crippen molar-refractivity contribution in [1.82, 2.24) is 14.9 Å². The van der Waals surface area contributed by atoms with E-state index in [0.29, 0.717) is 13.0 Å². The van der Waals surface area contributed by atoms with E-state index in [1.807, 2.05) is 59.5 Å². The maximum atomic E-state index is 12.8. The van der Waals surface area contributed by atoms with Crippen LogP contribution in [0, 0.1) is 0 Å². The van der Waals surface area contributed by atoms with Crippen molar-refractivity contribution < 1.29 is 9.53 Å². The van der Waals surface area contributed by atoms with Crippen molar-refractivity contribution in [2.24, 2.45) is 0 Å². The maximum absolute atomic E-state index is 12.8. The van der Waals surface area contributed by atoms with Gasteiger partial charge in [0.15, 0.2) is 0 Å². The molecule has 5 nitrogen and oxygen atoms in total. The van der Waals surface area contributed by atoms with E-state index in [1.165, 1.54) is 0 Å². The summed E-state index contributed by atoms with van der Waals surface area (Å²) in [5.41, 5.74) is 3.82. The Labute approximate surface area is 171 Å². The average molecular weight is 387 g/mol. The SMILES string of the molecule is COc1cccc(-c2cccc([C@H]3CCCN(C(=O)Cc4ccccn4)C3)n2)c1. The number of nitrogens with zero attached hydrogens (tertiary/aromatic N) is 3. The molecule has 0 saturated carbocycles. The van der Waals surface area contributed by atoms with Gasteiger partial charge in [-0.1, -0.05) is 24.3 Å². The molecule has 4 rings (SSSR count). The molecule has 3 aromatic rings. The molecule has 3 heterocycles. The zero-order valence-corrected chi connectivity index (χ0v) is 16.6. The van der Waals surface area contributed by atoms with Crippen LogP contribution in [0.3, 0.4) is 0 Å². The van der Waals surface area contributed by atoms with Crippen LogP contribution in [0.25, 0.3) is 11.3 Å². The Morgan fingerprint density at radius 1 is 1.14 bits per heavy atom. The molecule has 0 unspecified atom stereocenters. The molecule has 0 aliphatic carbocycles. The van der Waals surface area contributed by atoms with E-state index < -0.39 is 0 Å². The Morgan fingerprint density at radius 3 is 2.86 bits per heavy atom. The molecule has 1 aliphatic heterocycles. The number of hydrogen-bond acceptors (Lipinski definition) is 4. The lowest BCUT2D eigenvalue weighted by Crippen LogP contribution is -2.40. The summed E-state index contributed by atoms with van der Waals surface area (Å²) >= 11 is 0. The number of pyridine rings is 2. The fourth-order valence-electron chi connectivity index (χ4n) is 3.84. The molecular weight excluding hydrogens is 362 g/mol. The van der Waals surface area contributed by atoms with Crippen LogP contribution in [0.2, 0.25) is 0 Å². The van der Waals surface area contributed by atoms with E-state index >= 15 is 0 Å². The number of hydrogen-bond donors (Lipinski definition) is 0. The molecule has 1 saturated heterocycles. The van der Waals surface area contributed by atoms with Gasteiger partial charge in [-0.2, -0.15) is 0 Å². The van der Waals surface area contributed by atoms with Crippen LogP contribution in [-0.2, 0) is 11.2 Å². The van der Waals surface area contributed by atoms with Gasteiger partial charge in [0.05, 0.1) is 19.2 Å². The monoisotopic (exact) mass is 387 g/mol. The van der Waals surface area contributed by atoms with Gasteiger partial charge in [-0.15, -0.1) is 0 Å². The quantitative estimate of drug-likeness (QED) is 0.661. The van der Waals surface area contributed by atoms with E-state index in [4.69, 9.17) is 9.72 Å². The first-order valence-corrected chi connectivity index (χ1v) is 10.0. The van der Waals surface area contributed by atoms with Gasteiger partial charge in [0.2, 0.25) is 5.91 Å². The van der Waals surface area contributed by atoms with Crippen molar-refractivity contribution in [2.45, 2.75) is 25.2 Å². The summed E-state index contributed by atoms with van der Waals surface area (Å²) in [6, 6.07) is 19.8. The molecule has 0 radical (unpaired) electrons. The number of carbonyl (C=O) groups is 1. The molecule has 5 heteroatoms. The molecule has 1 aliphatic rings. The first-order chi connectivity index (χ1) is 14.2. The molecule has 148 valence electrons. The van der Waals surface area contributed by atoms with Crippen LogP contribution in [0.15, 0.2) is 66.9 Å². The van der Waals surface area contributed by atoms with Crippen molar-refractivity contribution in [3.63, 3.8) is 0 Å². The van der Waals surface area contributed by atoms with Gasteiger partial charge in [0, 0.05) is 42.2 Å². The summed E-state index contributed by atoms with van der Waals surface area (Å²) in [5.74, 6) is 1.21. The third kappa shape index (κ3) is 4.62. The number of carbonyl (C=O) groups excluding carboxylic acids is 1. The Hall–Kier alpha value is -3.21. The number of likely N-dealkylation sites (tertiary alicyclic amines) is 1. The Kier molecular flexibility index (Phi) is 5.84. The molecule has 1 amide bonds. The molecule has 0 spiro atoms. The predicted octanol–water partition coefficient (Wildman–Crippen LogP) is 4.10. The second-order valence-electron chi connectivity index (χ2n) is 7.36. The highest BCUT2D eigenvalue weighted by Gasteiger charge is 2.26. The van der Waals surface area contributed by atoms with E-state index in [-0.39, 0.29) is 11.8 Å². The summed E-state index contributed by atoms with van der Waals surface area (Å²) in [5, 5.41) is 0. The van der Waals surface area contributed by atoms with Crippen LogP contribution in [0.4, 0.5) is 0 Å². The van der Waals surface area contributed by atoms with E-state index in [9.17, 15) is 4.79 Å². The Balaban J connectivity index is 1.49. The van der Waals surface area contributed by atoms with Crippen LogP contribution in [0.5, 0.6) is 5.75 Å². The van der Waals surface area contributed by atoms with Crippen LogP contribution < -0.4 is 4.74 Å². The predicted molar refractivity (Wildman–Crippen MR) is 113 cm³/mol. The van der Waals surface area contributed by atoms with Crippen molar-refractivity contribution >= 4 is 5.91 Å². The number of aromatic nitrogens is 2. The highest BCUT2D eigenvalue weighted by atomic mass is 16.5. The number of amides is 1. The first-order valence-electron chi connectivity index (χ1n) is 10.0. The van der Waals surface area contributed by atoms with E-state index in [1.54, 1.807) is 13.3 Å². The van der Waals surface area contributed by atoms with Crippen LogP contribution in [-0.4, -0.2) is 41.0 Å². The second kappa shape index (κ2) is 8.86. The summed E-state index contributed by atoms with van der Waals surface area (Å²) < 4.78 is 5.34. The van der Waals surface area contributed by atoms with Crippen LogP contribution in [0.1, 0.15) is 30.1 Å². The number of ether oxygens (including phenoxy) is 1. The van der Waals surface area contributed by atoms with Gasteiger partial charge in [0.1, 0.15) is 5.75 Å². The summed E-state index contributed by atoms with van der Waals surface area (Å²) in [4.78, 5) is 23.9. The second-order valence-corrected chi connectivity index (χ2v) is 7.36. The highest BCUT2D eigenvalue weighted by Crippen LogP contribution is 2.29. The fraction of sp³-hybridized carbons (Fsp3) is 0.292. The van der Waals surface area contributed by atoms with Crippen molar-refractivity contribution in [3.05, 3.63) is 78.2 Å². The summed E-state index contributed by atoms with van der Waals surface area (Å²) in [6.07, 6.45) is 4.12. The number of benzene rings is 1. The number of methoxy groups -OCH3 is 1. The Morgan fingerprint density at radius 2 is 2.03 bits per heavy atom. The van der Waals surface area contributed by atoms with E-state index in [2.05, 4.69) is 11.1 Å². The van der Waals surface area contributed by atoms with Crippen molar-refractivity contribution in [3.8, 4) is 17.0 Å². The number of piperidine rings is 1.